The van der Waals surface area contributed by atoms with Gasteiger partial charge in [-0.1, -0.05) is 27.4 Å². The lowest BCUT2D eigenvalue weighted by Gasteiger charge is -2.13. The third-order valence-electron chi connectivity index (χ3n) is 1.88. The summed E-state index contributed by atoms with van der Waals surface area (Å²) < 4.78 is 0. The van der Waals surface area contributed by atoms with Crippen molar-refractivity contribution >= 4 is 18.1 Å². The maximum Gasteiger partial charge on any atom is 0.177 e. The fourth-order valence-electron chi connectivity index (χ4n) is 1.10. The summed E-state index contributed by atoms with van der Waals surface area (Å²) in [7, 11) is 0. The van der Waals surface area contributed by atoms with Crippen LogP contribution < -0.4 is 0 Å². The van der Waals surface area contributed by atoms with Crippen molar-refractivity contribution in [2.45, 2.75) is 33.1 Å². The van der Waals surface area contributed by atoms with Crippen LogP contribution in [0.2, 0.25) is 0 Å². The van der Waals surface area contributed by atoms with E-state index in [4.69, 9.17) is 0 Å². The number of aliphatic imine (C=N–C) groups is 1. The minimum Gasteiger partial charge on any atom is -0.340 e. The molecule has 0 saturated carbocycles. The number of nitrogens with zero attached hydrogens (tertiary/aromatic N) is 2. The lowest BCUT2D eigenvalue weighted by Crippen LogP contribution is -2.13. The van der Waals surface area contributed by atoms with Crippen LogP contribution in [0.5, 0.6) is 0 Å². The highest BCUT2D eigenvalue weighted by Crippen LogP contribution is 2.25. The minimum absolute atomic E-state index is 0.0132. The third-order valence-corrected chi connectivity index (χ3v) is 1.88. The van der Waals surface area contributed by atoms with Gasteiger partial charge in [-0.25, -0.2) is 9.98 Å². The maximum atomic E-state index is 4.42. The van der Waals surface area contributed by atoms with E-state index in [1.165, 1.54) is 0 Å². The number of H-pyrrole nitrogens is 1. The number of aromatic amines is 1. The predicted octanol–water partition coefficient (Wildman–Crippen LogP) is 3.07. The van der Waals surface area contributed by atoms with Gasteiger partial charge in [0.2, 0.25) is 0 Å². The van der Waals surface area contributed by atoms with Crippen molar-refractivity contribution in [3.05, 3.63) is 18.1 Å². The molecule has 0 atom stereocenters. The van der Waals surface area contributed by atoms with Gasteiger partial charge >= 0.3 is 0 Å². The van der Waals surface area contributed by atoms with Crippen LogP contribution in [-0.4, -0.2) is 16.2 Å². The summed E-state index contributed by atoms with van der Waals surface area (Å²) in [4.78, 5) is 11.8. The van der Waals surface area contributed by atoms with Crippen LogP contribution in [0.1, 0.15) is 39.2 Å². The van der Waals surface area contributed by atoms with E-state index in [0.29, 0.717) is 5.82 Å². The van der Waals surface area contributed by atoms with Crippen molar-refractivity contribution < 1.29 is 0 Å². The molecule has 0 spiro atoms. The van der Waals surface area contributed by atoms with Crippen molar-refractivity contribution in [3.63, 3.8) is 0 Å². The molecule has 0 saturated heterocycles. The molecule has 0 unspecified atom stereocenters. The van der Waals surface area contributed by atoms with Crippen LogP contribution in [0, 0.1) is 0 Å². The van der Waals surface area contributed by atoms with Crippen LogP contribution in [0.4, 0.5) is 5.82 Å². The van der Waals surface area contributed by atoms with Crippen LogP contribution in [-0.2, 0) is 5.41 Å². The molecule has 1 aromatic rings. The number of hydrogen-bond donors (Lipinski definition) is 1. The molecule has 3 nitrogen and oxygen atoms in total. The molecule has 3 heteroatoms. The van der Waals surface area contributed by atoms with Gasteiger partial charge in [-0.15, -0.1) is 0 Å². The van der Waals surface area contributed by atoms with Gasteiger partial charge in [-0.3, -0.25) is 0 Å². The van der Waals surface area contributed by atoms with E-state index < -0.39 is 0 Å². The van der Waals surface area contributed by atoms with Gasteiger partial charge in [-0.2, -0.15) is 0 Å². The quantitative estimate of drug-likeness (QED) is 0.717. The molecule has 0 aliphatic carbocycles. The summed E-state index contributed by atoms with van der Waals surface area (Å²) in [6.07, 6.45) is 3.47. The van der Waals surface area contributed by atoms with Gasteiger partial charge in [0.05, 0.1) is 5.69 Å². The molecule has 14 heavy (non-hydrogen) atoms. The number of rotatable bonds is 2. The first-order chi connectivity index (χ1) is 6.49. The van der Waals surface area contributed by atoms with Crippen molar-refractivity contribution in [3.8, 4) is 0 Å². The Bertz CT molecular complexity index is 353. The Morgan fingerprint density at radius 3 is 2.50 bits per heavy atom. The Labute approximate surface area is 85.0 Å². The molecule has 1 heterocycles. The van der Waals surface area contributed by atoms with E-state index in [-0.39, 0.29) is 5.41 Å². The molecule has 1 aromatic heterocycles. The fourth-order valence-corrected chi connectivity index (χ4v) is 1.10. The first-order valence-electron chi connectivity index (χ1n) is 4.70. The summed E-state index contributed by atoms with van der Waals surface area (Å²) in [6, 6.07) is 0. The molecular formula is C11H17N3. The topological polar surface area (TPSA) is 41.0 Å². The second-order valence-electron chi connectivity index (χ2n) is 4.16. The molecule has 0 aliphatic heterocycles. The van der Waals surface area contributed by atoms with Crippen LogP contribution in [0.25, 0.3) is 6.08 Å². The van der Waals surface area contributed by atoms with Crippen molar-refractivity contribution in [2.75, 3.05) is 0 Å². The Morgan fingerprint density at radius 2 is 2.07 bits per heavy atom. The lowest BCUT2D eigenvalue weighted by molar-refractivity contribution is 0.552. The van der Waals surface area contributed by atoms with E-state index >= 15 is 0 Å². The van der Waals surface area contributed by atoms with Crippen LogP contribution in [0.3, 0.4) is 0 Å². The van der Waals surface area contributed by atoms with Gasteiger partial charge in [0.1, 0.15) is 5.82 Å². The van der Waals surface area contributed by atoms with E-state index in [0.717, 1.165) is 11.5 Å². The lowest BCUT2D eigenvalue weighted by atomic mass is 9.96. The first-order valence-corrected chi connectivity index (χ1v) is 4.70. The number of aromatic nitrogens is 2. The van der Waals surface area contributed by atoms with E-state index in [1.54, 1.807) is 12.3 Å². The van der Waals surface area contributed by atoms with Crippen LogP contribution >= 0.6 is 0 Å². The highest BCUT2D eigenvalue weighted by Gasteiger charge is 2.19. The SMILES string of the molecule is C=Cc1[nH]c(C(C)(C)C)nc1N=CC. The zero-order valence-electron chi connectivity index (χ0n) is 9.26. The summed E-state index contributed by atoms with van der Waals surface area (Å²) >= 11 is 0. The molecule has 0 radical (unpaired) electrons. The third kappa shape index (κ3) is 2.10. The predicted molar refractivity (Wildman–Crippen MR) is 61.2 cm³/mol. The van der Waals surface area contributed by atoms with Gasteiger partial charge in [-0.05, 0) is 13.0 Å². The first kappa shape index (κ1) is 10.7. The Hall–Kier alpha value is -1.38. The Morgan fingerprint density at radius 1 is 1.43 bits per heavy atom. The van der Waals surface area contributed by atoms with Gasteiger partial charge < -0.3 is 4.98 Å². The molecule has 0 bridgehead atoms. The number of hydrogen-bond acceptors (Lipinski definition) is 2. The summed E-state index contributed by atoms with van der Waals surface area (Å²) in [5.41, 5.74) is 0.896. The van der Waals surface area contributed by atoms with Crippen LogP contribution in [0.15, 0.2) is 11.6 Å². The fraction of sp³-hybridized carbons (Fsp3) is 0.455. The second-order valence-corrected chi connectivity index (χ2v) is 4.16. The molecule has 1 rings (SSSR count). The molecule has 0 amide bonds. The summed E-state index contributed by atoms with van der Waals surface area (Å²) in [5, 5.41) is 0. The zero-order chi connectivity index (χ0) is 10.8. The highest BCUT2D eigenvalue weighted by atomic mass is 15.0. The Balaban J connectivity index is 3.19. The minimum atomic E-state index is 0.0132. The van der Waals surface area contributed by atoms with E-state index in [9.17, 15) is 0 Å². The number of imidazole rings is 1. The molecular weight excluding hydrogens is 174 g/mol. The number of nitrogens with one attached hydrogen (secondary N) is 1. The molecule has 1 N–H and O–H groups in total. The average molecular weight is 191 g/mol. The summed E-state index contributed by atoms with van der Waals surface area (Å²) in [5.74, 6) is 1.65. The average Bonchev–Trinajstić information content (AvgIpc) is 2.47. The standard InChI is InChI=1S/C11H17N3/c1-6-8-9(12-7-2)14-10(13-8)11(3,4)5/h6-7H,1H2,2-5H3,(H,13,14). The summed E-state index contributed by atoms with van der Waals surface area (Å²) in [6.45, 7) is 11.9. The van der Waals surface area contributed by atoms with E-state index in [1.807, 2.05) is 6.92 Å². The molecule has 0 fully saturated rings. The van der Waals surface area contributed by atoms with Crippen molar-refractivity contribution in [1.82, 2.24) is 9.97 Å². The monoisotopic (exact) mass is 191 g/mol. The maximum absolute atomic E-state index is 4.42. The molecule has 76 valence electrons. The smallest absolute Gasteiger partial charge is 0.177 e. The molecule has 0 aromatic carbocycles. The highest BCUT2D eigenvalue weighted by molar-refractivity contribution is 5.64. The van der Waals surface area contributed by atoms with Gasteiger partial charge in [0.25, 0.3) is 0 Å². The largest absolute Gasteiger partial charge is 0.340 e. The van der Waals surface area contributed by atoms with Gasteiger partial charge in [0.15, 0.2) is 5.82 Å². The van der Waals surface area contributed by atoms with E-state index in [2.05, 4.69) is 42.3 Å². The van der Waals surface area contributed by atoms with Crippen molar-refractivity contribution in [1.29, 1.82) is 0 Å². The van der Waals surface area contributed by atoms with Gasteiger partial charge in [0, 0.05) is 11.6 Å². The zero-order valence-corrected chi connectivity index (χ0v) is 9.26. The Kier molecular flexibility index (Phi) is 2.89. The van der Waals surface area contributed by atoms with Crippen molar-refractivity contribution in [2.24, 2.45) is 4.99 Å². The second kappa shape index (κ2) is 3.78. The normalized spacial score (nSPS) is 12.3. The molecule has 0 aliphatic rings.